The van der Waals surface area contributed by atoms with Crippen molar-refractivity contribution in [2.45, 2.75) is 110 Å². The quantitative estimate of drug-likeness (QED) is 0.0738. The van der Waals surface area contributed by atoms with Gasteiger partial charge in [-0.05, 0) is 43.6 Å². The van der Waals surface area contributed by atoms with Crippen LogP contribution in [0.2, 0.25) is 0 Å². The molecule has 0 aromatic heterocycles. The Bertz CT molecular complexity index is 1340. The molecular formula is C38H61N7O6. The number of carbonyl (C=O) groups excluding carboxylic acids is 4. The van der Waals surface area contributed by atoms with Gasteiger partial charge >= 0.3 is 0 Å². The van der Waals surface area contributed by atoms with Crippen LogP contribution in [0.5, 0.6) is 0 Å². The van der Waals surface area contributed by atoms with Crippen LogP contribution >= 0.6 is 0 Å². The number of epoxide rings is 1. The molecule has 1 aromatic carbocycles. The second-order valence-electron chi connectivity index (χ2n) is 14.8. The van der Waals surface area contributed by atoms with Gasteiger partial charge in [-0.15, -0.1) is 0 Å². The van der Waals surface area contributed by atoms with Gasteiger partial charge in [-0.25, -0.2) is 5.43 Å². The van der Waals surface area contributed by atoms with Crippen LogP contribution in [0.15, 0.2) is 47.7 Å². The molecule has 0 unspecified atom stereocenters. The third-order valence-corrected chi connectivity index (χ3v) is 8.91. The summed E-state index contributed by atoms with van der Waals surface area (Å²) in [6, 6.07) is 6.97. The van der Waals surface area contributed by atoms with E-state index >= 15 is 0 Å². The van der Waals surface area contributed by atoms with Crippen molar-refractivity contribution in [2.24, 2.45) is 16.9 Å². The minimum Gasteiger partial charge on any atom is -0.379 e. The van der Waals surface area contributed by atoms with Gasteiger partial charge in [0.05, 0.1) is 44.2 Å². The van der Waals surface area contributed by atoms with Crippen LogP contribution in [0, 0.1) is 11.8 Å². The number of amides is 4. The van der Waals surface area contributed by atoms with Crippen molar-refractivity contribution in [2.75, 3.05) is 39.5 Å². The molecule has 2 saturated heterocycles. The van der Waals surface area contributed by atoms with Gasteiger partial charge in [0.1, 0.15) is 17.7 Å². The van der Waals surface area contributed by atoms with Crippen molar-refractivity contribution < 1.29 is 28.7 Å². The third kappa shape index (κ3) is 14.4. The van der Waals surface area contributed by atoms with E-state index in [1.807, 2.05) is 71.9 Å². The molecule has 2 fully saturated rings. The molecule has 3 rings (SSSR count). The zero-order valence-electron chi connectivity index (χ0n) is 31.7. The van der Waals surface area contributed by atoms with Crippen molar-refractivity contribution in [3.63, 3.8) is 0 Å². The molecule has 13 heteroatoms. The zero-order chi connectivity index (χ0) is 37.6. The molecule has 0 aliphatic carbocycles. The fourth-order valence-electron chi connectivity index (χ4n) is 6.13. The van der Waals surface area contributed by atoms with Crippen molar-refractivity contribution in [1.29, 1.82) is 0 Å². The van der Waals surface area contributed by atoms with Gasteiger partial charge < -0.3 is 30.7 Å². The molecule has 4 amide bonds. The molecule has 2 aliphatic heterocycles. The van der Waals surface area contributed by atoms with Crippen LogP contribution in [0.3, 0.4) is 0 Å². The minimum absolute atomic E-state index is 0.106. The summed E-state index contributed by atoms with van der Waals surface area (Å²) in [6.45, 7) is 21.0. The third-order valence-electron chi connectivity index (χ3n) is 8.91. The first-order valence-corrected chi connectivity index (χ1v) is 18.4. The second kappa shape index (κ2) is 20.3. The zero-order valence-corrected chi connectivity index (χ0v) is 31.7. The first kappa shape index (κ1) is 41.6. The Hall–Kier alpha value is -3.81. The Kier molecular flexibility index (Phi) is 16.6. The molecule has 0 bridgehead atoms. The molecule has 284 valence electrons. The van der Waals surface area contributed by atoms with E-state index in [1.165, 1.54) is 6.92 Å². The van der Waals surface area contributed by atoms with E-state index in [1.54, 1.807) is 0 Å². The van der Waals surface area contributed by atoms with E-state index < -0.39 is 23.7 Å². The lowest BCUT2D eigenvalue weighted by Gasteiger charge is -2.31. The minimum atomic E-state index is -0.922. The van der Waals surface area contributed by atoms with Crippen molar-refractivity contribution in [3.05, 3.63) is 48.2 Å². The number of nitrogens with one attached hydrogen (secondary N) is 5. The Morgan fingerprint density at radius 3 is 2.04 bits per heavy atom. The van der Waals surface area contributed by atoms with Crippen LogP contribution in [0.1, 0.15) is 79.7 Å². The number of rotatable bonds is 21. The highest BCUT2D eigenvalue weighted by atomic mass is 16.6. The molecule has 5 N–H and O–H groups in total. The predicted molar refractivity (Wildman–Crippen MR) is 199 cm³/mol. The number of carbonyl (C=O) groups is 4. The maximum Gasteiger partial charge on any atom is 0.243 e. The van der Waals surface area contributed by atoms with E-state index in [2.05, 4.69) is 43.3 Å². The molecule has 2 aliphatic rings. The molecule has 51 heavy (non-hydrogen) atoms. The van der Waals surface area contributed by atoms with Gasteiger partial charge in [-0.3, -0.25) is 24.1 Å². The highest BCUT2D eigenvalue weighted by Crippen LogP contribution is 2.31. The first-order chi connectivity index (χ1) is 24.2. The van der Waals surface area contributed by atoms with Gasteiger partial charge in [-0.2, -0.15) is 5.10 Å². The second-order valence-corrected chi connectivity index (χ2v) is 14.8. The number of ether oxygens (including phenoxy) is 2. The monoisotopic (exact) mass is 711 g/mol. The lowest BCUT2D eigenvalue weighted by molar-refractivity contribution is -0.130. The number of hydrogen-bond donors (Lipinski definition) is 5. The molecule has 2 heterocycles. The molecular weight excluding hydrogens is 650 g/mol. The van der Waals surface area contributed by atoms with Crippen LogP contribution in [-0.2, 0) is 35.1 Å². The van der Waals surface area contributed by atoms with E-state index in [0.717, 1.165) is 12.0 Å². The average molecular weight is 712 g/mol. The Balaban J connectivity index is 1.82. The van der Waals surface area contributed by atoms with Crippen molar-refractivity contribution in [3.8, 4) is 0 Å². The topological polar surface area (TPSA) is 166 Å². The number of hydrogen-bond acceptors (Lipinski definition) is 9. The lowest BCUT2D eigenvalue weighted by Crippen LogP contribution is -2.57. The first-order valence-electron chi connectivity index (χ1n) is 18.4. The van der Waals surface area contributed by atoms with Gasteiger partial charge in [-0.1, -0.05) is 78.0 Å². The van der Waals surface area contributed by atoms with E-state index in [4.69, 9.17) is 9.47 Å². The number of morpholine rings is 1. The van der Waals surface area contributed by atoms with Crippen LogP contribution in [0.25, 0.3) is 0 Å². The van der Waals surface area contributed by atoms with Crippen LogP contribution in [-0.4, -0.2) is 103 Å². The Morgan fingerprint density at radius 2 is 1.47 bits per heavy atom. The molecule has 1 aromatic rings. The van der Waals surface area contributed by atoms with Gasteiger partial charge in [0, 0.05) is 32.1 Å². The SMILES string of the molecule is C=C(N[C@@H](CC(C)C)C(=O)N[C@@H](Cc1ccccc1)C(=O)N[C@@H](CC(C)C)/C(=N/NC(C)=O)[C@@]1(C)CO1)[C@H](CCC)NC(=O)CN1CCOCC1. The Labute approximate surface area is 304 Å². The van der Waals surface area contributed by atoms with Crippen molar-refractivity contribution in [1.82, 2.24) is 31.6 Å². The molecule has 0 saturated carbocycles. The van der Waals surface area contributed by atoms with E-state index in [0.29, 0.717) is 63.6 Å². The van der Waals surface area contributed by atoms with E-state index in [-0.39, 0.29) is 54.5 Å². The maximum atomic E-state index is 14.2. The summed E-state index contributed by atoms with van der Waals surface area (Å²) >= 11 is 0. The summed E-state index contributed by atoms with van der Waals surface area (Å²) in [5.74, 6) is -0.835. The maximum absolute atomic E-state index is 14.2. The fourth-order valence-corrected chi connectivity index (χ4v) is 6.13. The van der Waals surface area contributed by atoms with Gasteiger partial charge in [0.2, 0.25) is 23.6 Å². The molecule has 0 radical (unpaired) electrons. The predicted octanol–water partition coefficient (Wildman–Crippen LogP) is 2.66. The number of benzene rings is 1. The highest BCUT2D eigenvalue weighted by molar-refractivity contribution is 6.02. The summed E-state index contributed by atoms with van der Waals surface area (Å²) in [7, 11) is 0. The van der Waals surface area contributed by atoms with Crippen molar-refractivity contribution >= 4 is 29.3 Å². The van der Waals surface area contributed by atoms with Crippen LogP contribution in [0.4, 0.5) is 0 Å². The molecule has 0 spiro atoms. The standard InChI is InChI=1S/C38H61N7O6/c1-9-13-30(40-34(47)23-45-16-18-50-19-17-45)27(6)39-32(21-26(4)5)36(48)42-33(22-29-14-11-10-12-15-29)37(49)41-31(20-25(2)3)35(38(8)24-51-38)44-43-28(7)46/h10-12,14-15,25-26,30-33,39H,6,9,13,16-24H2,1-5,7-8H3,(H,40,47)(H,41,49)(H,42,48)(H,43,46)/b44-35-/t30-,31-,32-,33-,38+/m0/s1. The van der Waals surface area contributed by atoms with Crippen LogP contribution < -0.4 is 26.7 Å². The normalized spacial score (nSPS) is 20.1. The molecule has 5 atom stereocenters. The largest absolute Gasteiger partial charge is 0.379 e. The molecule has 13 nitrogen and oxygen atoms in total. The van der Waals surface area contributed by atoms with Gasteiger partial charge in [0.15, 0.2) is 0 Å². The number of nitrogens with zero attached hydrogens (tertiary/aromatic N) is 2. The smallest absolute Gasteiger partial charge is 0.243 e. The van der Waals surface area contributed by atoms with E-state index in [9.17, 15) is 19.2 Å². The summed E-state index contributed by atoms with van der Waals surface area (Å²) in [5.41, 5.74) is 3.76. The number of hydrazone groups is 1. The summed E-state index contributed by atoms with van der Waals surface area (Å²) < 4.78 is 11.1. The fraction of sp³-hybridized carbons (Fsp3) is 0.658. The van der Waals surface area contributed by atoms with Gasteiger partial charge in [0.25, 0.3) is 0 Å². The summed E-state index contributed by atoms with van der Waals surface area (Å²) in [5, 5.41) is 17.0. The average Bonchev–Trinajstić information content (AvgIpc) is 3.81. The summed E-state index contributed by atoms with van der Waals surface area (Å²) in [6.07, 6.45) is 2.73. The Morgan fingerprint density at radius 1 is 0.882 bits per heavy atom. The highest BCUT2D eigenvalue weighted by Gasteiger charge is 2.48. The summed E-state index contributed by atoms with van der Waals surface area (Å²) in [4.78, 5) is 55.2. The lowest BCUT2D eigenvalue weighted by atomic mass is 9.92.